The van der Waals surface area contributed by atoms with Crippen molar-refractivity contribution >= 4 is 29.0 Å². The molecule has 1 aromatic carbocycles. The van der Waals surface area contributed by atoms with Crippen molar-refractivity contribution in [3.8, 4) is 10.9 Å². The maximum atomic E-state index is 9.09. The Kier molecular flexibility index (Phi) is 3.78. The zero-order valence-corrected chi connectivity index (χ0v) is 10.5. The van der Waals surface area contributed by atoms with Crippen molar-refractivity contribution in [1.82, 2.24) is 4.98 Å². The molecule has 0 radical (unpaired) electrons. The summed E-state index contributed by atoms with van der Waals surface area (Å²) in [5.41, 5.74) is 0.578. The maximum Gasteiger partial charge on any atom is 0.279 e. The number of aliphatic hydroxyl groups is 1. The number of halogens is 1. The summed E-state index contributed by atoms with van der Waals surface area (Å²) < 4.78 is 5.55. The van der Waals surface area contributed by atoms with Crippen LogP contribution in [0.4, 0.5) is 0 Å². The predicted octanol–water partition coefficient (Wildman–Crippen LogP) is 3.72. The molecule has 0 unspecified atom stereocenters. The lowest BCUT2D eigenvalue weighted by molar-refractivity contribution is 0.276. The molecule has 2 rings (SSSR count). The van der Waals surface area contributed by atoms with Crippen molar-refractivity contribution in [1.29, 1.82) is 0 Å². The first-order chi connectivity index (χ1) is 8.22. The molecule has 0 saturated heterocycles. The van der Waals surface area contributed by atoms with Crippen LogP contribution in [-0.2, 0) is 6.61 Å². The first kappa shape index (κ1) is 12.1. The average molecular weight is 268 g/mol. The van der Waals surface area contributed by atoms with Crippen LogP contribution in [0, 0.1) is 0 Å². The number of ether oxygens (including phenoxy) is 1. The van der Waals surface area contributed by atoms with Crippen molar-refractivity contribution in [2.75, 3.05) is 0 Å². The molecule has 5 heteroatoms. The van der Waals surface area contributed by atoms with Crippen LogP contribution in [0.15, 0.2) is 30.8 Å². The van der Waals surface area contributed by atoms with E-state index in [9.17, 15) is 0 Å². The summed E-state index contributed by atoms with van der Waals surface area (Å²) in [6.07, 6.45) is 1.65. The highest BCUT2D eigenvalue weighted by Gasteiger charge is 2.09. The van der Waals surface area contributed by atoms with Crippen LogP contribution >= 0.6 is 22.9 Å². The molecule has 1 N–H and O–H groups in total. The third kappa shape index (κ3) is 2.85. The van der Waals surface area contributed by atoms with Crippen molar-refractivity contribution in [2.45, 2.75) is 6.61 Å². The van der Waals surface area contributed by atoms with E-state index in [1.165, 1.54) is 11.3 Å². The van der Waals surface area contributed by atoms with Gasteiger partial charge in [-0.2, -0.15) is 0 Å². The minimum Gasteiger partial charge on any atom is -0.431 e. The van der Waals surface area contributed by atoms with Crippen LogP contribution < -0.4 is 4.74 Å². The summed E-state index contributed by atoms with van der Waals surface area (Å²) in [6.45, 7) is 3.53. The van der Waals surface area contributed by atoms with Crippen LogP contribution in [-0.4, -0.2) is 10.1 Å². The van der Waals surface area contributed by atoms with Gasteiger partial charge in [-0.05, 0) is 24.3 Å². The van der Waals surface area contributed by atoms with E-state index in [-0.39, 0.29) is 6.61 Å². The smallest absolute Gasteiger partial charge is 0.279 e. The third-order valence-electron chi connectivity index (χ3n) is 2.06. The lowest BCUT2D eigenvalue weighted by Gasteiger charge is -2.00. The van der Waals surface area contributed by atoms with Gasteiger partial charge >= 0.3 is 0 Å². The van der Waals surface area contributed by atoms with Gasteiger partial charge < -0.3 is 9.84 Å². The number of benzene rings is 1. The van der Waals surface area contributed by atoms with E-state index in [0.717, 1.165) is 4.88 Å². The minimum atomic E-state index is -0.123. The summed E-state index contributed by atoms with van der Waals surface area (Å²) in [6, 6.07) is 7.00. The van der Waals surface area contributed by atoms with E-state index < -0.39 is 0 Å². The van der Waals surface area contributed by atoms with Crippen LogP contribution in [0.25, 0.3) is 6.08 Å². The van der Waals surface area contributed by atoms with Gasteiger partial charge in [0.1, 0.15) is 5.75 Å². The number of aromatic nitrogens is 1. The van der Waals surface area contributed by atoms with E-state index in [0.29, 0.717) is 21.7 Å². The van der Waals surface area contributed by atoms with E-state index in [4.69, 9.17) is 21.4 Å². The maximum absolute atomic E-state index is 9.09. The summed E-state index contributed by atoms with van der Waals surface area (Å²) in [5, 5.41) is 10.2. The van der Waals surface area contributed by atoms with Gasteiger partial charge in [0.25, 0.3) is 5.19 Å². The molecule has 0 aliphatic heterocycles. The fraction of sp³-hybridized carbons (Fsp3) is 0.0833. The number of nitrogens with zero attached hydrogens (tertiary/aromatic N) is 1. The van der Waals surface area contributed by atoms with E-state index in [1.54, 1.807) is 30.3 Å². The Hall–Kier alpha value is -1.36. The fourth-order valence-electron chi connectivity index (χ4n) is 1.26. The van der Waals surface area contributed by atoms with Crippen LogP contribution in [0.5, 0.6) is 10.9 Å². The van der Waals surface area contributed by atoms with E-state index in [2.05, 4.69) is 11.6 Å². The summed E-state index contributed by atoms with van der Waals surface area (Å²) in [5.74, 6) is 0.656. The molecule has 1 aromatic heterocycles. The standard InChI is InChI=1S/C12H10ClNO2S/c1-2-11-10(7-15)14-12(17-11)16-9-5-3-8(13)4-6-9/h2-6,15H,1,7H2. The molecule has 0 amide bonds. The van der Waals surface area contributed by atoms with Crippen molar-refractivity contribution in [3.05, 3.63) is 46.4 Å². The van der Waals surface area contributed by atoms with Crippen molar-refractivity contribution < 1.29 is 9.84 Å². The topological polar surface area (TPSA) is 42.4 Å². The van der Waals surface area contributed by atoms with Crippen LogP contribution in [0.2, 0.25) is 5.02 Å². The number of hydrogen-bond acceptors (Lipinski definition) is 4. The lowest BCUT2D eigenvalue weighted by atomic mass is 10.3. The highest BCUT2D eigenvalue weighted by molar-refractivity contribution is 7.14. The molecule has 1 heterocycles. The Labute approximate surface area is 108 Å². The highest BCUT2D eigenvalue weighted by atomic mass is 35.5. The van der Waals surface area contributed by atoms with Gasteiger partial charge in [-0.15, -0.1) is 0 Å². The molecule has 0 bridgehead atoms. The molecule has 2 aromatic rings. The van der Waals surface area contributed by atoms with Gasteiger partial charge in [-0.3, -0.25) is 0 Å². The molecule has 0 fully saturated rings. The Morgan fingerprint density at radius 3 is 2.65 bits per heavy atom. The number of hydrogen-bond donors (Lipinski definition) is 1. The van der Waals surface area contributed by atoms with Crippen LogP contribution in [0.3, 0.4) is 0 Å². The van der Waals surface area contributed by atoms with Gasteiger partial charge in [0, 0.05) is 5.02 Å². The number of rotatable bonds is 4. The second-order valence-electron chi connectivity index (χ2n) is 3.21. The summed E-state index contributed by atoms with van der Waals surface area (Å²) in [7, 11) is 0. The Morgan fingerprint density at radius 1 is 1.41 bits per heavy atom. The monoisotopic (exact) mass is 267 g/mol. The minimum absolute atomic E-state index is 0.123. The number of aliphatic hydroxyl groups excluding tert-OH is 1. The van der Waals surface area contributed by atoms with Gasteiger partial charge in [-0.1, -0.05) is 35.6 Å². The average Bonchev–Trinajstić information content (AvgIpc) is 2.74. The van der Waals surface area contributed by atoms with Gasteiger partial charge in [0.2, 0.25) is 0 Å². The quantitative estimate of drug-likeness (QED) is 0.918. The van der Waals surface area contributed by atoms with Gasteiger partial charge in [-0.25, -0.2) is 4.98 Å². The second-order valence-corrected chi connectivity index (χ2v) is 4.64. The molecule has 0 aliphatic carbocycles. The lowest BCUT2D eigenvalue weighted by Crippen LogP contribution is -1.86. The Balaban J connectivity index is 2.21. The first-order valence-corrected chi connectivity index (χ1v) is 6.09. The SMILES string of the molecule is C=Cc1sc(Oc2ccc(Cl)cc2)nc1CO. The molecular formula is C12H10ClNO2S. The largest absolute Gasteiger partial charge is 0.431 e. The van der Waals surface area contributed by atoms with E-state index >= 15 is 0 Å². The van der Waals surface area contributed by atoms with Gasteiger partial charge in [0.15, 0.2) is 0 Å². The molecule has 0 atom stereocenters. The molecule has 0 aliphatic rings. The van der Waals surface area contributed by atoms with Crippen molar-refractivity contribution in [2.24, 2.45) is 0 Å². The van der Waals surface area contributed by atoms with Crippen molar-refractivity contribution in [3.63, 3.8) is 0 Å². The van der Waals surface area contributed by atoms with Crippen LogP contribution in [0.1, 0.15) is 10.6 Å². The fourth-order valence-corrected chi connectivity index (χ4v) is 2.18. The second kappa shape index (κ2) is 5.31. The molecular weight excluding hydrogens is 258 g/mol. The summed E-state index contributed by atoms with van der Waals surface area (Å²) in [4.78, 5) is 4.98. The zero-order valence-electron chi connectivity index (χ0n) is 8.89. The molecule has 0 saturated carbocycles. The number of thiazole rings is 1. The zero-order chi connectivity index (χ0) is 12.3. The molecule has 17 heavy (non-hydrogen) atoms. The first-order valence-electron chi connectivity index (χ1n) is 4.89. The normalized spacial score (nSPS) is 10.2. The molecule has 3 nitrogen and oxygen atoms in total. The third-order valence-corrected chi connectivity index (χ3v) is 3.29. The van der Waals surface area contributed by atoms with E-state index in [1.807, 2.05) is 0 Å². The summed E-state index contributed by atoms with van der Waals surface area (Å²) >= 11 is 7.11. The Morgan fingerprint density at radius 2 is 2.12 bits per heavy atom. The highest BCUT2D eigenvalue weighted by Crippen LogP contribution is 2.30. The van der Waals surface area contributed by atoms with Gasteiger partial charge in [0.05, 0.1) is 17.2 Å². The predicted molar refractivity (Wildman–Crippen MR) is 69.7 cm³/mol. The molecule has 0 spiro atoms. The molecule has 88 valence electrons. The Bertz CT molecular complexity index is 522.